The van der Waals surface area contributed by atoms with Crippen molar-refractivity contribution in [1.82, 2.24) is 24.9 Å². The van der Waals surface area contributed by atoms with Crippen molar-refractivity contribution >= 4 is 17.5 Å². The van der Waals surface area contributed by atoms with Gasteiger partial charge in [0.25, 0.3) is 5.91 Å². The molecular formula is C19H22ClN5O. The Labute approximate surface area is 157 Å². The van der Waals surface area contributed by atoms with Gasteiger partial charge in [-0.3, -0.25) is 9.48 Å². The molecule has 0 saturated heterocycles. The maximum atomic E-state index is 12.8. The van der Waals surface area contributed by atoms with Gasteiger partial charge in [0.15, 0.2) is 0 Å². The second-order valence-electron chi connectivity index (χ2n) is 6.51. The number of hydrogen-bond acceptors (Lipinski definition) is 3. The van der Waals surface area contributed by atoms with Gasteiger partial charge in [-0.05, 0) is 52.0 Å². The number of rotatable bonds is 4. The van der Waals surface area contributed by atoms with Crippen molar-refractivity contribution in [3.63, 3.8) is 0 Å². The summed E-state index contributed by atoms with van der Waals surface area (Å²) >= 11 is 6.28. The number of halogens is 1. The molecule has 3 aromatic rings. The Hall–Kier alpha value is -2.60. The molecule has 0 bridgehead atoms. The Balaban J connectivity index is 1.88. The lowest BCUT2D eigenvalue weighted by Crippen LogP contribution is -2.27. The first-order valence-corrected chi connectivity index (χ1v) is 8.78. The monoisotopic (exact) mass is 371 g/mol. The van der Waals surface area contributed by atoms with E-state index >= 15 is 0 Å². The van der Waals surface area contributed by atoms with Gasteiger partial charge in [-0.1, -0.05) is 11.6 Å². The quantitative estimate of drug-likeness (QED) is 0.760. The van der Waals surface area contributed by atoms with E-state index < -0.39 is 0 Å². The molecule has 0 aliphatic heterocycles. The van der Waals surface area contributed by atoms with E-state index in [0.717, 1.165) is 28.3 Å². The van der Waals surface area contributed by atoms with Gasteiger partial charge in [0, 0.05) is 24.0 Å². The van der Waals surface area contributed by atoms with Gasteiger partial charge in [0.1, 0.15) is 0 Å². The van der Waals surface area contributed by atoms with E-state index in [2.05, 4.69) is 15.5 Å². The molecule has 7 heteroatoms. The predicted molar refractivity (Wildman–Crippen MR) is 102 cm³/mol. The number of aromatic nitrogens is 4. The van der Waals surface area contributed by atoms with E-state index in [4.69, 9.17) is 11.6 Å². The van der Waals surface area contributed by atoms with Crippen molar-refractivity contribution < 1.29 is 4.79 Å². The van der Waals surface area contributed by atoms with Crippen LogP contribution in [-0.2, 0) is 7.05 Å². The zero-order valence-electron chi connectivity index (χ0n) is 15.5. The highest BCUT2D eigenvalue weighted by atomic mass is 35.5. The summed E-state index contributed by atoms with van der Waals surface area (Å²) in [4.78, 5) is 12.8. The molecule has 26 heavy (non-hydrogen) atoms. The fourth-order valence-electron chi connectivity index (χ4n) is 3.00. The maximum absolute atomic E-state index is 12.8. The molecule has 1 N–H and O–H groups in total. The minimum absolute atomic E-state index is 0.176. The molecule has 0 fully saturated rings. The SMILES string of the molecule is Cc1cc(C)n(-c2ccc(Cl)c(C(=O)NC(C)c3cnn(C)c3C)c2)n1. The van der Waals surface area contributed by atoms with E-state index in [1.54, 1.807) is 27.7 Å². The van der Waals surface area contributed by atoms with Crippen LogP contribution >= 0.6 is 11.6 Å². The second kappa shape index (κ2) is 6.96. The normalized spacial score (nSPS) is 12.2. The molecule has 1 amide bonds. The zero-order chi connectivity index (χ0) is 19.0. The lowest BCUT2D eigenvalue weighted by Gasteiger charge is -2.15. The van der Waals surface area contributed by atoms with Crippen molar-refractivity contribution in [1.29, 1.82) is 0 Å². The molecule has 2 heterocycles. The van der Waals surface area contributed by atoms with Crippen molar-refractivity contribution in [3.05, 3.63) is 63.7 Å². The van der Waals surface area contributed by atoms with E-state index in [1.807, 2.05) is 46.9 Å². The molecule has 0 saturated carbocycles. The van der Waals surface area contributed by atoms with Gasteiger partial charge in [-0.15, -0.1) is 0 Å². The summed E-state index contributed by atoms with van der Waals surface area (Å²) < 4.78 is 3.59. The van der Waals surface area contributed by atoms with Crippen LogP contribution in [0.15, 0.2) is 30.5 Å². The minimum atomic E-state index is -0.228. The van der Waals surface area contributed by atoms with Crippen molar-refractivity contribution in [2.75, 3.05) is 0 Å². The highest BCUT2D eigenvalue weighted by molar-refractivity contribution is 6.33. The smallest absolute Gasteiger partial charge is 0.253 e. The van der Waals surface area contributed by atoms with Gasteiger partial charge in [-0.25, -0.2) is 4.68 Å². The highest BCUT2D eigenvalue weighted by Gasteiger charge is 2.18. The molecule has 0 aliphatic carbocycles. The standard InChI is InChI=1S/C19H22ClN5O/c1-11-8-12(2)25(23-11)15-6-7-18(20)16(9-15)19(26)22-13(3)17-10-21-24(5)14(17)4/h6-10,13H,1-5H3,(H,22,26). The number of nitrogens with zero attached hydrogens (tertiary/aromatic N) is 4. The molecule has 1 atom stereocenters. The molecule has 0 spiro atoms. The molecule has 0 aliphatic rings. The third-order valence-electron chi connectivity index (χ3n) is 4.54. The largest absolute Gasteiger partial charge is 0.345 e. The Kier molecular flexibility index (Phi) is 4.87. The zero-order valence-corrected chi connectivity index (χ0v) is 16.3. The Morgan fingerprint density at radius 2 is 1.96 bits per heavy atom. The first-order chi connectivity index (χ1) is 12.3. The third-order valence-corrected chi connectivity index (χ3v) is 4.87. The van der Waals surface area contributed by atoms with Gasteiger partial charge < -0.3 is 5.32 Å². The van der Waals surface area contributed by atoms with Crippen LogP contribution in [0.5, 0.6) is 0 Å². The fourth-order valence-corrected chi connectivity index (χ4v) is 3.21. The van der Waals surface area contributed by atoms with Crippen molar-refractivity contribution in [2.24, 2.45) is 7.05 Å². The first kappa shape index (κ1) is 18.2. The molecule has 3 rings (SSSR count). The molecule has 1 aromatic carbocycles. The summed E-state index contributed by atoms with van der Waals surface area (Å²) in [5, 5.41) is 12.1. The summed E-state index contributed by atoms with van der Waals surface area (Å²) in [6.45, 7) is 7.81. The summed E-state index contributed by atoms with van der Waals surface area (Å²) in [5.74, 6) is -0.228. The average Bonchev–Trinajstić information content (AvgIpc) is 3.09. The van der Waals surface area contributed by atoms with Crippen molar-refractivity contribution in [3.8, 4) is 5.69 Å². The number of benzene rings is 1. The average molecular weight is 372 g/mol. The summed E-state index contributed by atoms with van der Waals surface area (Å²) in [7, 11) is 1.88. The number of amides is 1. The van der Waals surface area contributed by atoms with Crippen LogP contribution in [0.3, 0.4) is 0 Å². The minimum Gasteiger partial charge on any atom is -0.345 e. The van der Waals surface area contributed by atoms with Crippen LogP contribution in [-0.4, -0.2) is 25.5 Å². The number of nitrogens with one attached hydrogen (secondary N) is 1. The van der Waals surface area contributed by atoms with Crippen LogP contribution in [0, 0.1) is 20.8 Å². The lowest BCUT2D eigenvalue weighted by molar-refractivity contribution is 0.0940. The third kappa shape index (κ3) is 3.37. The molecule has 2 aromatic heterocycles. The summed E-state index contributed by atoms with van der Waals surface area (Å²) in [6, 6.07) is 7.15. The molecule has 1 unspecified atom stereocenters. The van der Waals surface area contributed by atoms with Crippen LogP contribution in [0.4, 0.5) is 0 Å². The topological polar surface area (TPSA) is 64.7 Å². The molecule has 136 valence electrons. The van der Waals surface area contributed by atoms with Crippen LogP contribution in [0.1, 0.15) is 46.0 Å². The predicted octanol–water partition coefficient (Wildman–Crippen LogP) is 3.68. The van der Waals surface area contributed by atoms with E-state index in [0.29, 0.717) is 10.6 Å². The van der Waals surface area contributed by atoms with Gasteiger partial charge in [-0.2, -0.15) is 10.2 Å². The van der Waals surface area contributed by atoms with Crippen LogP contribution < -0.4 is 5.32 Å². The van der Waals surface area contributed by atoms with E-state index in [1.165, 1.54) is 0 Å². The molecular weight excluding hydrogens is 350 g/mol. The van der Waals surface area contributed by atoms with E-state index in [9.17, 15) is 4.79 Å². The number of carbonyl (C=O) groups excluding carboxylic acids is 1. The van der Waals surface area contributed by atoms with E-state index in [-0.39, 0.29) is 11.9 Å². The maximum Gasteiger partial charge on any atom is 0.253 e. The van der Waals surface area contributed by atoms with Gasteiger partial charge in [0.2, 0.25) is 0 Å². The summed E-state index contributed by atoms with van der Waals surface area (Å²) in [5.41, 5.74) is 5.13. The van der Waals surface area contributed by atoms with Crippen LogP contribution in [0.25, 0.3) is 5.69 Å². The Morgan fingerprint density at radius 3 is 2.54 bits per heavy atom. The van der Waals surface area contributed by atoms with Crippen LogP contribution in [0.2, 0.25) is 5.02 Å². The Bertz CT molecular complexity index is 972. The number of hydrogen-bond donors (Lipinski definition) is 1. The first-order valence-electron chi connectivity index (χ1n) is 8.40. The lowest BCUT2D eigenvalue weighted by atomic mass is 10.1. The van der Waals surface area contributed by atoms with Gasteiger partial charge >= 0.3 is 0 Å². The van der Waals surface area contributed by atoms with Gasteiger partial charge in [0.05, 0.1) is 34.2 Å². The van der Waals surface area contributed by atoms with Crippen molar-refractivity contribution in [2.45, 2.75) is 33.7 Å². The number of aryl methyl sites for hydroxylation is 3. The second-order valence-corrected chi connectivity index (χ2v) is 6.91. The molecule has 0 radical (unpaired) electrons. The molecule has 6 nitrogen and oxygen atoms in total. The fraction of sp³-hybridized carbons (Fsp3) is 0.316. The highest BCUT2D eigenvalue weighted by Crippen LogP contribution is 2.23. The Morgan fingerprint density at radius 1 is 1.23 bits per heavy atom. The summed E-state index contributed by atoms with van der Waals surface area (Å²) in [6.07, 6.45) is 1.77. The number of carbonyl (C=O) groups is 1.